The number of likely N-dealkylation sites (tertiary alicyclic amines) is 1. The summed E-state index contributed by atoms with van der Waals surface area (Å²) in [5.41, 5.74) is 1.06. The van der Waals surface area contributed by atoms with E-state index in [0.717, 1.165) is 23.6 Å². The number of thiol groups is 1. The summed E-state index contributed by atoms with van der Waals surface area (Å²) < 4.78 is 11.0. The molecule has 3 rings (SSSR count). The Morgan fingerprint density at radius 1 is 1.28 bits per heavy atom. The van der Waals surface area contributed by atoms with Crippen molar-refractivity contribution in [2.24, 2.45) is 0 Å². The van der Waals surface area contributed by atoms with Crippen molar-refractivity contribution in [3.8, 4) is 11.5 Å². The molecular weight excluding hydrogens is 250 g/mol. The maximum atomic E-state index is 11.7. The molecule has 2 aliphatic heterocycles. The van der Waals surface area contributed by atoms with Gasteiger partial charge in [-0.15, -0.1) is 0 Å². The van der Waals surface area contributed by atoms with Gasteiger partial charge >= 0.3 is 0 Å². The minimum atomic E-state index is 0.162. The van der Waals surface area contributed by atoms with Gasteiger partial charge in [-0.1, -0.05) is 6.07 Å². The van der Waals surface area contributed by atoms with Crippen molar-refractivity contribution in [1.29, 1.82) is 0 Å². The molecule has 2 aliphatic rings. The van der Waals surface area contributed by atoms with Crippen molar-refractivity contribution in [1.82, 2.24) is 4.90 Å². The molecule has 1 aromatic rings. The van der Waals surface area contributed by atoms with Gasteiger partial charge in [0.2, 0.25) is 5.91 Å². The van der Waals surface area contributed by atoms with Gasteiger partial charge in [0.15, 0.2) is 11.5 Å². The van der Waals surface area contributed by atoms with Crippen LogP contribution in [0.15, 0.2) is 18.2 Å². The summed E-state index contributed by atoms with van der Waals surface area (Å²) in [6.45, 7) is 2.51. The highest BCUT2D eigenvalue weighted by Gasteiger charge is 2.27. The molecule has 1 aromatic carbocycles. The average molecular weight is 265 g/mol. The van der Waals surface area contributed by atoms with E-state index in [1.807, 2.05) is 23.1 Å². The van der Waals surface area contributed by atoms with Gasteiger partial charge < -0.3 is 14.4 Å². The quantitative estimate of drug-likeness (QED) is 0.823. The minimum Gasteiger partial charge on any atom is -0.486 e. The number of rotatable bonds is 2. The monoisotopic (exact) mass is 265 g/mol. The molecule has 0 aromatic heterocycles. The van der Waals surface area contributed by atoms with Crippen LogP contribution in [0.5, 0.6) is 11.5 Å². The first-order chi connectivity index (χ1) is 8.72. The maximum Gasteiger partial charge on any atom is 0.224 e. The minimum absolute atomic E-state index is 0.162. The number of amides is 1. The van der Waals surface area contributed by atoms with Crippen LogP contribution in [0.3, 0.4) is 0 Å². The zero-order chi connectivity index (χ0) is 12.5. The lowest BCUT2D eigenvalue weighted by Gasteiger charge is -2.21. The molecule has 1 saturated heterocycles. The Morgan fingerprint density at radius 2 is 2.06 bits per heavy atom. The number of hydrogen-bond acceptors (Lipinski definition) is 4. The van der Waals surface area contributed by atoms with E-state index in [-0.39, 0.29) is 11.2 Å². The summed E-state index contributed by atoms with van der Waals surface area (Å²) in [5, 5.41) is 0.162. The summed E-state index contributed by atoms with van der Waals surface area (Å²) >= 11 is 4.35. The molecule has 1 atom stereocenters. The van der Waals surface area contributed by atoms with Gasteiger partial charge in [0.25, 0.3) is 0 Å². The summed E-state index contributed by atoms with van der Waals surface area (Å²) in [6, 6.07) is 5.84. The first kappa shape index (κ1) is 11.7. The molecule has 18 heavy (non-hydrogen) atoms. The molecule has 0 spiro atoms. The largest absolute Gasteiger partial charge is 0.486 e. The summed E-state index contributed by atoms with van der Waals surface area (Å²) in [4.78, 5) is 13.5. The fraction of sp³-hybridized carbons (Fsp3) is 0.462. The molecule has 1 fully saturated rings. The molecule has 0 bridgehead atoms. The lowest BCUT2D eigenvalue weighted by Crippen LogP contribution is -2.24. The van der Waals surface area contributed by atoms with Gasteiger partial charge in [-0.05, 0) is 17.7 Å². The van der Waals surface area contributed by atoms with Crippen LogP contribution in [0.4, 0.5) is 0 Å². The lowest BCUT2D eigenvalue weighted by atomic mass is 10.2. The predicted molar refractivity (Wildman–Crippen MR) is 70.2 cm³/mol. The van der Waals surface area contributed by atoms with E-state index in [1.54, 1.807) is 0 Å². The van der Waals surface area contributed by atoms with Crippen LogP contribution in [0.1, 0.15) is 12.0 Å². The van der Waals surface area contributed by atoms with Crippen LogP contribution in [0, 0.1) is 0 Å². The number of nitrogens with zero attached hydrogens (tertiary/aromatic N) is 1. The first-order valence-electron chi connectivity index (χ1n) is 6.07. The summed E-state index contributed by atoms with van der Waals surface area (Å²) in [5.74, 6) is 1.72. The third-order valence-electron chi connectivity index (χ3n) is 3.17. The predicted octanol–water partition coefficient (Wildman–Crippen LogP) is 1.49. The zero-order valence-corrected chi connectivity index (χ0v) is 10.9. The van der Waals surface area contributed by atoms with Gasteiger partial charge in [-0.2, -0.15) is 12.6 Å². The number of hydrogen-bond donors (Lipinski definition) is 1. The molecule has 4 nitrogen and oxygen atoms in total. The van der Waals surface area contributed by atoms with Crippen LogP contribution in [-0.2, 0) is 11.3 Å². The number of benzene rings is 1. The number of carbonyl (C=O) groups is 1. The topological polar surface area (TPSA) is 38.8 Å². The first-order valence-corrected chi connectivity index (χ1v) is 6.58. The normalized spacial score (nSPS) is 22.4. The second kappa shape index (κ2) is 4.72. The fourth-order valence-corrected chi connectivity index (χ4v) is 2.66. The van der Waals surface area contributed by atoms with Crippen molar-refractivity contribution in [2.45, 2.75) is 18.2 Å². The van der Waals surface area contributed by atoms with Gasteiger partial charge in [-0.3, -0.25) is 4.79 Å². The lowest BCUT2D eigenvalue weighted by molar-refractivity contribution is -0.128. The van der Waals surface area contributed by atoms with Gasteiger partial charge in [0.05, 0.1) is 0 Å². The Morgan fingerprint density at radius 3 is 2.78 bits per heavy atom. The number of fused-ring (bicyclic) bond motifs is 1. The van der Waals surface area contributed by atoms with Crippen LogP contribution in [-0.4, -0.2) is 35.8 Å². The Bertz CT molecular complexity index is 477. The van der Waals surface area contributed by atoms with E-state index in [2.05, 4.69) is 12.6 Å². The average Bonchev–Trinajstić information content (AvgIpc) is 2.68. The Hall–Kier alpha value is -1.36. The molecule has 96 valence electrons. The van der Waals surface area contributed by atoms with Crippen molar-refractivity contribution < 1.29 is 14.3 Å². The van der Waals surface area contributed by atoms with E-state index < -0.39 is 0 Å². The molecule has 2 heterocycles. The standard InChI is InChI=1S/C13H15NO3S/c15-13-6-10(18)8-14(13)7-9-1-2-11-12(5-9)17-4-3-16-11/h1-2,5,10,18H,3-4,6-8H2. The van der Waals surface area contributed by atoms with E-state index in [9.17, 15) is 4.79 Å². The Labute approximate surface area is 111 Å². The van der Waals surface area contributed by atoms with Crippen molar-refractivity contribution in [3.05, 3.63) is 23.8 Å². The highest BCUT2D eigenvalue weighted by Crippen LogP contribution is 2.31. The van der Waals surface area contributed by atoms with Crippen LogP contribution in [0.2, 0.25) is 0 Å². The number of ether oxygens (including phenoxy) is 2. The Balaban J connectivity index is 1.75. The third-order valence-corrected chi connectivity index (χ3v) is 3.52. The molecule has 0 saturated carbocycles. The third kappa shape index (κ3) is 2.27. The molecule has 0 aliphatic carbocycles. The molecule has 0 N–H and O–H groups in total. The molecule has 1 amide bonds. The molecule has 5 heteroatoms. The number of carbonyl (C=O) groups excluding carboxylic acids is 1. The zero-order valence-electron chi connectivity index (χ0n) is 9.96. The summed E-state index contributed by atoms with van der Waals surface area (Å²) in [6.07, 6.45) is 0.535. The summed E-state index contributed by atoms with van der Waals surface area (Å²) in [7, 11) is 0. The fourth-order valence-electron chi connectivity index (χ4n) is 2.31. The second-order valence-electron chi connectivity index (χ2n) is 4.61. The maximum absolute atomic E-state index is 11.7. The Kier molecular flexibility index (Phi) is 3.07. The van der Waals surface area contributed by atoms with E-state index >= 15 is 0 Å². The van der Waals surface area contributed by atoms with Crippen molar-refractivity contribution in [3.63, 3.8) is 0 Å². The van der Waals surface area contributed by atoms with Crippen LogP contribution >= 0.6 is 12.6 Å². The van der Waals surface area contributed by atoms with Crippen LogP contribution in [0.25, 0.3) is 0 Å². The molecule has 1 unspecified atom stereocenters. The van der Waals surface area contributed by atoms with Crippen molar-refractivity contribution >= 4 is 18.5 Å². The van der Waals surface area contributed by atoms with E-state index in [4.69, 9.17) is 9.47 Å². The highest BCUT2D eigenvalue weighted by molar-refractivity contribution is 7.81. The van der Waals surface area contributed by atoms with Gasteiger partial charge in [-0.25, -0.2) is 0 Å². The van der Waals surface area contributed by atoms with Crippen LogP contribution < -0.4 is 9.47 Å². The smallest absolute Gasteiger partial charge is 0.224 e. The van der Waals surface area contributed by atoms with Gasteiger partial charge in [0, 0.05) is 24.8 Å². The SMILES string of the molecule is O=C1CC(S)CN1Cc1ccc2c(c1)OCCO2. The van der Waals surface area contributed by atoms with E-state index in [0.29, 0.717) is 26.2 Å². The van der Waals surface area contributed by atoms with Gasteiger partial charge in [0.1, 0.15) is 13.2 Å². The van der Waals surface area contributed by atoms with Crippen molar-refractivity contribution in [2.75, 3.05) is 19.8 Å². The highest BCUT2D eigenvalue weighted by atomic mass is 32.1. The van der Waals surface area contributed by atoms with E-state index in [1.165, 1.54) is 0 Å². The second-order valence-corrected chi connectivity index (χ2v) is 5.34. The molecule has 0 radical (unpaired) electrons. The molecular formula is C13H15NO3S.